The zero-order valence-electron chi connectivity index (χ0n) is 9.28. The normalized spacial score (nSPS) is 21.3. The van der Waals surface area contributed by atoms with Gasteiger partial charge in [-0.1, -0.05) is 12.1 Å². The van der Waals surface area contributed by atoms with Crippen LogP contribution in [0.2, 0.25) is 0 Å². The molecule has 1 N–H and O–H groups in total. The van der Waals surface area contributed by atoms with Gasteiger partial charge in [0.2, 0.25) is 0 Å². The SMILES string of the molecule is Cc1cccc(C2(O)C=CC=CN=C2)n1.Cl.Cl. The minimum absolute atomic E-state index is 0. The second-order valence-electron chi connectivity index (χ2n) is 3.47. The van der Waals surface area contributed by atoms with E-state index in [1.54, 1.807) is 30.5 Å². The zero-order valence-corrected chi connectivity index (χ0v) is 10.9. The Morgan fingerprint density at radius 2 is 1.94 bits per heavy atom. The Morgan fingerprint density at radius 3 is 2.65 bits per heavy atom. The molecule has 1 atom stereocenters. The van der Waals surface area contributed by atoms with E-state index in [2.05, 4.69) is 9.98 Å². The van der Waals surface area contributed by atoms with Gasteiger partial charge in [0.25, 0.3) is 0 Å². The summed E-state index contributed by atoms with van der Waals surface area (Å²) in [7, 11) is 0. The van der Waals surface area contributed by atoms with E-state index in [1.165, 1.54) is 6.21 Å². The Bertz CT molecular complexity index is 440. The van der Waals surface area contributed by atoms with Crippen LogP contribution in [0.4, 0.5) is 0 Å². The van der Waals surface area contributed by atoms with E-state index in [0.717, 1.165) is 5.69 Å². The summed E-state index contributed by atoms with van der Waals surface area (Å²) in [5, 5.41) is 10.3. The van der Waals surface area contributed by atoms with Gasteiger partial charge in [-0.05, 0) is 31.2 Å². The van der Waals surface area contributed by atoms with Crippen molar-refractivity contribution in [3.63, 3.8) is 0 Å². The summed E-state index contributed by atoms with van der Waals surface area (Å²) in [6.45, 7) is 1.89. The monoisotopic (exact) mass is 272 g/mol. The van der Waals surface area contributed by atoms with Crippen LogP contribution >= 0.6 is 24.8 Å². The number of pyridine rings is 1. The average Bonchev–Trinajstić information content (AvgIpc) is 2.44. The van der Waals surface area contributed by atoms with E-state index in [9.17, 15) is 5.11 Å². The summed E-state index contributed by atoms with van der Waals surface area (Å²) in [5.41, 5.74) is 0.265. The molecule has 1 unspecified atom stereocenters. The molecule has 0 saturated heterocycles. The van der Waals surface area contributed by atoms with Crippen LogP contribution in [0.3, 0.4) is 0 Å². The van der Waals surface area contributed by atoms with Crippen molar-refractivity contribution in [3.8, 4) is 0 Å². The summed E-state index contributed by atoms with van der Waals surface area (Å²) in [5.74, 6) is 0. The molecular weight excluding hydrogens is 259 g/mol. The van der Waals surface area contributed by atoms with Gasteiger partial charge in [-0.15, -0.1) is 24.8 Å². The van der Waals surface area contributed by atoms with Crippen LogP contribution in [0.25, 0.3) is 0 Å². The molecule has 2 heterocycles. The number of aliphatic hydroxyl groups is 1. The van der Waals surface area contributed by atoms with E-state index in [1.807, 2.05) is 19.1 Å². The molecule has 1 aromatic rings. The summed E-state index contributed by atoms with van der Waals surface area (Å²) < 4.78 is 0. The minimum Gasteiger partial charge on any atom is -0.374 e. The van der Waals surface area contributed by atoms with Gasteiger partial charge in [-0.3, -0.25) is 9.98 Å². The molecule has 1 aromatic heterocycles. The van der Waals surface area contributed by atoms with Gasteiger partial charge in [0, 0.05) is 18.1 Å². The first kappa shape index (κ1) is 15.8. The molecule has 0 saturated carbocycles. The van der Waals surface area contributed by atoms with E-state index < -0.39 is 5.60 Å². The van der Waals surface area contributed by atoms with Crippen molar-refractivity contribution in [1.29, 1.82) is 0 Å². The Kier molecular flexibility index (Phi) is 6.10. The first-order chi connectivity index (χ1) is 7.21. The molecule has 0 bridgehead atoms. The van der Waals surface area contributed by atoms with Crippen LogP contribution in [0.15, 0.2) is 47.6 Å². The predicted molar refractivity (Wildman–Crippen MR) is 74.1 cm³/mol. The minimum atomic E-state index is -1.20. The van der Waals surface area contributed by atoms with E-state index in [-0.39, 0.29) is 24.8 Å². The second kappa shape index (κ2) is 6.55. The third-order valence-electron chi connectivity index (χ3n) is 2.20. The lowest BCUT2D eigenvalue weighted by atomic mass is 10.00. The zero-order chi connectivity index (χ0) is 10.7. The Hall–Kier alpha value is -1.16. The maximum absolute atomic E-state index is 10.3. The van der Waals surface area contributed by atoms with Crippen LogP contribution < -0.4 is 0 Å². The highest BCUT2D eigenvalue weighted by atomic mass is 35.5. The number of aliphatic imine (C=N–C) groups is 1. The Morgan fingerprint density at radius 1 is 1.18 bits per heavy atom. The topological polar surface area (TPSA) is 45.5 Å². The molecule has 0 fully saturated rings. The number of hydrogen-bond donors (Lipinski definition) is 1. The van der Waals surface area contributed by atoms with Crippen molar-refractivity contribution >= 4 is 31.0 Å². The lowest BCUT2D eigenvalue weighted by Crippen LogP contribution is -2.26. The quantitative estimate of drug-likeness (QED) is 0.854. The number of rotatable bonds is 1. The molecule has 3 nitrogen and oxygen atoms in total. The first-order valence-electron chi connectivity index (χ1n) is 4.76. The van der Waals surface area contributed by atoms with Crippen LogP contribution in [-0.2, 0) is 5.60 Å². The van der Waals surface area contributed by atoms with E-state index in [0.29, 0.717) is 5.69 Å². The number of halogens is 2. The molecule has 0 aromatic carbocycles. The van der Waals surface area contributed by atoms with Crippen molar-refractivity contribution in [2.45, 2.75) is 12.5 Å². The molecular formula is C12H14Cl2N2O. The van der Waals surface area contributed by atoms with Crippen molar-refractivity contribution in [3.05, 3.63) is 54.0 Å². The van der Waals surface area contributed by atoms with Gasteiger partial charge in [-0.2, -0.15) is 0 Å². The highest BCUT2D eigenvalue weighted by Crippen LogP contribution is 2.20. The fourth-order valence-electron chi connectivity index (χ4n) is 1.42. The van der Waals surface area contributed by atoms with Crippen molar-refractivity contribution < 1.29 is 5.11 Å². The Balaban J connectivity index is 0.00000128. The van der Waals surface area contributed by atoms with Gasteiger partial charge in [0.1, 0.15) is 0 Å². The summed E-state index contributed by atoms with van der Waals surface area (Å²) >= 11 is 0. The number of aryl methyl sites for hydroxylation is 1. The van der Waals surface area contributed by atoms with Gasteiger partial charge < -0.3 is 5.11 Å². The molecule has 1 aliphatic heterocycles. The van der Waals surface area contributed by atoms with Crippen molar-refractivity contribution in [1.82, 2.24) is 4.98 Å². The molecule has 1 aliphatic rings. The largest absolute Gasteiger partial charge is 0.374 e. The number of hydrogen-bond acceptors (Lipinski definition) is 3. The summed E-state index contributed by atoms with van der Waals surface area (Å²) in [4.78, 5) is 8.26. The fraction of sp³-hybridized carbons (Fsp3) is 0.167. The van der Waals surface area contributed by atoms with Gasteiger partial charge >= 0.3 is 0 Å². The lowest BCUT2D eigenvalue weighted by molar-refractivity contribution is 0.165. The third kappa shape index (κ3) is 3.66. The molecule has 17 heavy (non-hydrogen) atoms. The number of nitrogens with zero attached hydrogens (tertiary/aromatic N) is 2. The fourth-order valence-corrected chi connectivity index (χ4v) is 1.42. The smallest absolute Gasteiger partial charge is 0.160 e. The third-order valence-corrected chi connectivity index (χ3v) is 2.20. The summed E-state index contributed by atoms with van der Waals surface area (Å²) in [6, 6.07) is 5.55. The molecule has 0 radical (unpaired) electrons. The van der Waals surface area contributed by atoms with Gasteiger partial charge in [0.15, 0.2) is 5.60 Å². The number of aromatic nitrogens is 1. The molecule has 2 rings (SSSR count). The van der Waals surface area contributed by atoms with Crippen LogP contribution in [0, 0.1) is 6.92 Å². The maximum atomic E-state index is 10.3. The van der Waals surface area contributed by atoms with Crippen molar-refractivity contribution in [2.24, 2.45) is 4.99 Å². The molecule has 5 heteroatoms. The summed E-state index contributed by atoms with van der Waals surface area (Å²) in [6.07, 6.45) is 8.31. The predicted octanol–water partition coefficient (Wildman–Crippen LogP) is 2.58. The molecule has 0 amide bonds. The van der Waals surface area contributed by atoms with Crippen LogP contribution in [0.5, 0.6) is 0 Å². The first-order valence-corrected chi connectivity index (χ1v) is 4.76. The van der Waals surface area contributed by atoms with Crippen molar-refractivity contribution in [2.75, 3.05) is 0 Å². The molecule has 92 valence electrons. The molecule has 0 aliphatic carbocycles. The number of allylic oxidation sites excluding steroid dienone is 2. The highest BCUT2D eigenvalue weighted by molar-refractivity contribution is 5.85. The van der Waals surface area contributed by atoms with E-state index >= 15 is 0 Å². The standard InChI is InChI=1S/C12H12N2O.2ClH/c1-10-5-4-6-11(14-10)12(15)7-2-3-8-13-9-12;;/h2-9,15H,1H3;2*1H. The highest BCUT2D eigenvalue weighted by Gasteiger charge is 2.25. The molecule has 0 spiro atoms. The van der Waals surface area contributed by atoms with Gasteiger partial charge in [-0.25, -0.2) is 0 Å². The lowest BCUT2D eigenvalue weighted by Gasteiger charge is -2.18. The van der Waals surface area contributed by atoms with Crippen LogP contribution in [0.1, 0.15) is 11.4 Å². The van der Waals surface area contributed by atoms with Crippen LogP contribution in [-0.4, -0.2) is 16.3 Å². The second-order valence-corrected chi connectivity index (χ2v) is 3.47. The van der Waals surface area contributed by atoms with Gasteiger partial charge in [0.05, 0.1) is 5.69 Å². The Labute approximate surface area is 113 Å². The van der Waals surface area contributed by atoms with E-state index in [4.69, 9.17) is 0 Å². The maximum Gasteiger partial charge on any atom is 0.160 e. The average molecular weight is 273 g/mol.